The zero-order chi connectivity index (χ0) is 21.2. The zero-order valence-corrected chi connectivity index (χ0v) is 18.2. The molecule has 0 unspecified atom stereocenters. The maximum Gasteiger partial charge on any atom is 0.241 e. The van der Waals surface area contributed by atoms with Gasteiger partial charge in [0.25, 0.3) is 0 Å². The largest absolute Gasteiger partial charge is 0.356 e. The molecule has 3 rings (SSSR count). The van der Waals surface area contributed by atoms with Gasteiger partial charge in [-0.3, -0.25) is 9.48 Å². The molecule has 30 heavy (non-hydrogen) atoms. The normalized spacial score (nSPS) is 11.3. The minimum absolute atomic E-state index is 0.00170. The van der Waals surface area contributed by atoms with Crippen LogP contribution in [-0.2, 0) is 24.3 Å². The van der Waals surface area contributed by atoms with Crippen LogP contribution in [0.2, 0.25) is 0 Å². The minimum Gasteiger partial charge on any atom is -0.356 e. The van der Waals surface area contributed by atoms with Crippen LogP contribution in [0.3, 0.4) is 0 Å². The summed E-state index contributed by atoms with van der Waals surface area (Å²) in [6.45, 7) is 2.17. The van der Waals surface area contributed by atoms with Crippen LogP contribution in [-0.4, -0.2) is 53.7 Å². The second-order valence-electron chi connectivity index (χ2n) is 7.04. The lowest BCUT2D eigenvalue weighted by Gasteiger charge is -2.15. The third-order valence-electron chi connectivity index (χ3n) is 4.57. The summed E-state index contributed by atoms with van der Waals surface area (Å²) < 4.78 is 1.90. The maximum atomic E-state index is 12.0. The van der Waals surface area contributed by atoms with Gasteiger partial charge >= 0.3 is 0 Å². The molecule has 2 aromatic heterocycles. The molecule has 0 aliphatic carbocycles. The molecule has 3 aromatic rings. The summed E-state index contributed by atoms with van der Waals surface area (Å²) in [7, 11) is 3.49. The quantitative estimate of drug-likeness (QED) is 0.409. The number of thiophene rings is 1. The van der Waals surface area contributed by atoms with Crippen LogP contribution in [0.4, 0.5) is 0 Å². The number of nitrogens with zero attached hydrogens (tertiary/aromatic N) is 4. The second-order valence-corrected chi connectivity index (χ2v) is 8.07. The van der Waals surface area contributed by atoms with E-state index in [2.05, 4.69) is 45.4 Å². The van der Waals surface area contributed by atoms with E-state index in [-0.39, 0.29) is 12.5 Å². The van der Waals surface area contributed by atoms with E-state index in [0.29, 0.717) is 19.0 Å². The zero-order valence-electron chi connectivity index (χ0n) is 17.4. The second kappa shape index (κ2) is 11.2. The average Bonchev–Trinajstić information content (AvgIpc) is 3.44. The third-order valence-corrected chi connectivity index (χ3v) is 5.50. The van der Waals surface area contributed by atoms with Gasteiger partial charge in [-0.15, -0.1) is 11.3 Å². The molecule has 0 saturated heterocycles. The Morgan fingerprint density at radius 2 is 1.97 bits per heavy atom. The van der Waals surface area contributed by atoms with Crippen LogP contribution in [0.5, 0.6) is 0 Å². The molecule has 7 nitrogen and oxygen atoms in total. The van der Waals surface area contributed by atoms with E-state index in [1.165, 1.54) is 10.4 Å². The van der Waals surface area contributed by atoms with Gasteiger partial charge in [0, 0.05) is 37.9 Å². The number of amides is 1. The summed E-state index contributed by atoms with van der Waals surface area (Å²) >= 11 is 1.74. The van der Waals surface area contributed by atoms with Gasteiger partial charge < -0.3 is 15.5 Å². The van der Waals surface area contributed by atoms with Crippen LogP contribution >= 0.6 is 11.3 Å². The van der Waals surface area contributed by atoms with Gasteiger partial charge in [-0.2, -0.15) is 5.10 Å². The molecule has 0 fully saturated rings. The van der Waals surface area contributed by atoms with Crippen molar-refractivity contribution in [2.75, 3.05) is 27.2 Å². The summed E-state index contributed by atoms with van der Waals surface area (Å²) in [4.78, 5) is 19.6. The van der Waals surface area contributed by atoms with Crippen molar-refractivity contribution < 1.29 is 4.79 Å². The first-order chi connectivity index (χ1) is 14.6. The molecular formula is C22H28N6OS. The maximum absolute atomic E-state index is 12.0. The Bertz CT molecular complexity index is 934. The fourth-order valence-electron chi connectivity index (χ4n) is 2.85. The Morgan fingerprint density at radius 1 is 1.13 bits per heavy atom. The molecule has 0 aliphatic heterocycles. The standard InChI is InChI=1S/C22H28N6OS/c1-27(2)21(29)16-25-22(23-12-10-20-9-5-14-30-20)24-15-18-7-3-4-8-19(18)17-28-13-6-11-26-28/h3-9,11,13-14H,10,12,15-17H2,1-2H3,(H2,23,24,25). The Balaban J connectivity index is 1.66. The summed E-state index contributed by atoms with van der Waals surface area (Å²) in [6.07, 6.45) is 4.64. The number of likely N-dealkylation sites (N-methyl/N-ethyl adjacent to an activating group) is 1. The average molecular weight is 425 g/mol. The molecule has 0 radical (unpaired) electrons. The fourth-order valence-corrected chi connectivity index (χ4v) is 3.56. The molecule has 0 bridgehead atoms. The van der Waals surface area contributed by atoms with E-state index >= 15 is 0 Å². The highest BCUT2D eigenvalue weighted by atomic mass is 32.1. The van der Waals surface area contributed by atoms with E-state index in [9.17, 15) is 4.79 Å². The molecule has 8 heteroatoms. The summed E-state index contributed by atoms with van der Waals surface area (Å²) in [5.74, 6) is 0.637. The summed E-state index contributed by atoms with van der Waals surface area (Å²) in [5.41, 5.74) is 2.30. The minimum atomic E-state index is 0.00170. The number of aliphatic imine (C=N–C) groups is 1. The van der Waals surface area contributed by atoms with Crippen LogP contribution in [0.15, 0.2) is 65.2 Å². The van der Waals surface area contributed by atoms with Crippen molar-refractivity contribution >= 4 is 23.2 Å². The van der Waals surface area contributed by atoms with Crippen molar-refractivity contribution in [3.05, 3.63) is 76.2 Å². The number of hydrogen-bond acceptors (Lipinski definition) is 4. The van der Waals surface area contributed by atoms with Crippen LogP contribution in [0, 0.1) is 0 Å². The van der Waals surface area contributed by atoms with Crippen molar-refractivity contribution in [2.24, 2.45) is 4.99 Å². The monoisotopic (exact) mass is 424 g/mol. The highest BCUT2D eigenvalue weighted by Gasteiger charge is 2.07. The van der Waals surface area contributed by atoms with Crippen molar-refractivity contribution in [3.63, 3.8) is 0 Å². The molecule has 1 amide bonds. The summed E-state index contributed by atoms with van der Waals surface area (Å²) in [5, 5.41) is 12.9. The number of guanidine groups is 1. The lowest BCUT2D eigenvalue weighted by Crippen LogP contribution is -2.43. The van der Waals surface area contributed by atoms with Crippen molar-refractivity contribution in [3.8, 4) is 0 Å². The molecule has 1 aromatic carbocycles. The number of nitrogens with one attached hydrogen (secondary N) is 2. The molecule has 0 saturated carbocycles. The highest BCUT2D eigenvalue weighted by Crippen LogP contribution is 2.12. The molecule has 0 aliphatic rings. The summed E-state index contributed by atoms with van der Waals surface area (Å²) in [6, 6.07) is 14.3. The van der Waals surface area contributed by atoms with E-state index in [1.807, 2.05) is 29.1 Å². The molecule has 0 spiro atoms. The van der Waals surface area contributed by atoms with Gasteiger partial charge in [-0.1, -0.05) is 30.3 Å². The van der Waals surface area contributed by atoms with E-state index in [1.54, 1.807) is 36.5 Å². The number of hydrogen-bond donors (Lipinski definition) is 2. The number of aromatic nitrogens is 2. The predicted molar refractivity (Wildman–Crippen MR) is 122 cm³/mol. The third kappa shape index (κ3) is 6.73. The number of carbonyl (C=O) groups is 1. The Labute approximate surface area is 181 Å². The topological polar surface area (TPSA) is 74.5 Å². The first kappa shape index (κ1) is 21.6. The molecule has 2 heterocycles. The fraction of sp³-hybridized carbons (Fsp3) is 0.318. The Kier molecular flexibility index (Phi) is 8.02. The SMILES string of the molecule is CN(C)C(=O)CNC(=NCc1ccccc1Cn1cccn1)NCCc1cccs1. The van der Waals surface area contributed by atoms with Gasteiger partial charge in [0.05, 0.1) is 19.6 Å². The van der Waals surface area contributed by atoms with Crippen molar-refractivity contribution in [2.45, 2.75) is 19.5 Å². The Hall–Kier alpha value is -3.13. The Morgan fingerprint density at radius 3 is 2.67 bits per heavy atom. The van der Waals surface area contributed by atoms with Crippen LogP contribution in [0.25, 0.3) is 0 Å². The molecular weight excluding hydrogens is 396 g/mol. The van der Waals surface area contributed by atoms with E-state index in [0.717, 1.165) is 18.5 Å². The van der Waals surface area contributed by atoms with Crippen LogP contribution < -0.4 is 10.6 Å². The molecule has 0 atom stereocenters. The number of carbonyl (C=O) groups excluding carboxylic acids is 1. The first-order valence-electron chi connectivity index (χ1n) is 9.91. The predicted octanol–water partition coefficient (Wildman–Crippen LogP) is 2.36. The smallest absolute Gasteiger partial charge is 0.241 e. The van der Waals surface area contributed by atoms with E-state index in [4.69, 9.17) is 4.99 Å². The number of rotatable bonds is 9. The lowest BCUT2D eigenvalue weighted by molar-refractivity contribution is -0.127. The van der Waals surface area contributed by atoms with Gasteiger partial charge in [0.2, 0.25) is 5.91 Å². The van der Waals surface area contributed by atoms with Crippen molar-refractivity contribution in [1.82, 2.24) is 25.3 Å². The van der Waals surface area contributed by atoms with Gasteiger partial charge in [0.1, 0.15) is 0 Å². The van der Waals surface area contributed by atoms with Gasteiger partial charge in [-0.25, -0.2) is 4.99 Å². The molecule has 158 valence electrons. The van der Waals surface area contributed by atoms with Crippen LogP contribution in [0.1, 0.15) is 16.0 Å². The van der Waals surface area contributed by atoms with E-state index < -0.39 is 0 Å². The van der Waals surface area contributed by atoms with Crippen molar-refractivity contribution in [1.29, 1.82) is 0 Å². The molecule has 2 N–H and O–H groups in total. The van der Waals surface area contributed by atoms with Gasteiger partial charge in [0.15, 0.2) is 5.96 Å². The highest BCUT2D eigenvalue weighted by molar-refractivity contribution is 7.09. The lowest BCUT2D eigenvalue weighted by atomic mass is 10.1. The van der Waals surface area contributed by atoms with Gasteiger partial charge in [-0.05, 0) is 35.1 Å². The number of benzene rings is 1. The first-order valence-corrected chi connectivity index (χ1v) is 10.8.